The molecule has 2 N–H and O–H groups in total. The fraction of sp³-hybridized carbons (Fsp3) is 0.895. The predicted molar refractivity (Wildman–Crippen MR) is 96.5 cm³/mol. The summed E-state index contributed by atoms with van der Waals surface area (Å²) in [7, 11) is 0. The van der Waals surface area contributed by atoms with E-state index in [2.05, 4.69) is 26.1 Å². The van der Waals surface area contributed by atoms with Crippen molar-refractivity contribution in [3.63, 3.8) is 0 Å². The average molecular weight is 341 g/mol. The van der Waals surface area contributed by atoms with Gasteiger partial charge in [-0.2, -0.15) is 0 Å². The van der Waals surface area contributed by atoms with Crippen LogP contribution in [0.4, 0.5) is 0 Å². The molecule has 1 saturated heterocycles. The van der Waals surface area contributed by atoms with E-state index < -0.39 is 6.04 Å². The van der Waals surface area contributed by atoms with E-state index in [9.17, 15) is 14.7 Å². The van der Waals surface area contributed by atoms with E-state index in [1.165, 1.54) is 0 Å². The molecule has 1 aliphatic heterocycles. The molecule has 1 atom stereocenters. The van der Waals surface area contributed by atoms with Crippen molar-refractivity contribution in [2.45, 2.75) is 78.2 Å². The van der Waals surface area contributed by atoms with Crippen molar-refractivity contribution in [1.29, 1.82) is 0 Å². The number of aliphatic hydroxyl groups is 1. The molecule has 2 amide bonds. The third kappa shape index (κ3) is 7.65. The highest BCUT2D eigenvalue weighted by Crippen LogP contribution is 2.18. The monoisotopic (exact) mass is 340 g/mol. The van der Waals surface area contributed by atoms with Gasteiger partial charge in [-0.15, -0.1) is 0 Å². The van der Waals surface area contributed by atoms with Crippen LogP contribution in [0.3, 0.4) is 0 Å². The third-order valence-electron chi connectivity index (χ3n) is 4.78. The number of amides is 2. The number of nitrogens with one attached hydrogen (secondary N) is 1. The minimum absolute atomic E-state index is 0.00431. The molecular weight excluding hydrogens is 304 g/mol. The van der Waals surface area contributed by atoms with Crippen LogP contribution in [0.15, 0.2) is 0 Å². The molecule has 24 heavy (non-hydrogen) atoms. The molecule has 0 unspecified atom stereocenters. The number of aliphatic hydroxyl groups excluding tert-OH is 1. The molecule has 0 aromatic rings. The van der Waals surface area contributed by atoms with Crippen LogP contribution in [0.25, 0.3) is 0 Å². The third-order valence-corrected chi connectivity index (χ3v) is 4.78. The van der Waals surface area contributed by atoms with Crippen molar-refractivity contribution in [1.82, 2.24) is 10.2 Å². The molecule has 0 saturated carbocycles. The molecular formula is C19H36N2O3. The van der Waals surface area contributed by atoms with Crippen molar-refractivity contribution in [2.75, 3.05) is 19.7 Å². The van der Waals surface area contributed by atoms with Crippen molar-refractivity contribution in [3.05, 3.63) is 0 Å². The minimum Gasteiger partial charge on any atom is -0.396 e. The van der Waals surface area contributed by atoms with Crippen molar-refractivity contribution >= 4 is 11.8 Å². The Hall–Kier alpha value is -1.10. The lowest BCUT2D eigenvalue weighted by Gasteiger charge is -2.34. The summed E-state index contributed by atoms with van der Waals surface area (Å²) in [5, 5.41) is 12.2. The number of unbranched alkanes of at least 4 members (excludes halogenated alkanes) is 3. The van der Waals surface area contributed by atoms with E-state index in [1.54, 1.807) is 0 Å². The van der Waals surface area contributed by atoms with Crippen molar-refractivity contribution in [3.8, 4) is 0 Å². The largest absolute Gasteiger partial charge is 0.396 e. The van der Waals surface area contributed by atoms with Gasteiger partial charge in [-0.1, -0.05) is 40.0 Å². The van der Waals surface area contributed by atoms with E-state index in [0.29, 0.717) is 37.8 Å². The van der Waals surface area contributed by atoms with Gasteiger partial charge >= 0.3 is 0 Å². The first kappa shape index (κ1) is 20.9. The van der Waals surface area contributed by atoms with Crippen LogP contribution in [0, 0.1) is 11.8 Å². The molecule has 0 aliphatic carbocycles. The standard InChI is InChI=1S/C19H36N2O3/c1-4-5-6-7-8-18(23)20-17(13-15(2)3)19(24)21-11-9-16(14-22)10-12-21/h15-17,22H,4-14H2,1-3H3,(H,20,23)/t17-/m0/s1. The first-order chi connectivity index (χ1) is 11.5. The molecule has 0 aromatic carbocycles. The first-order valence-electron chi connectivity index (χ1n) is 9.66. The molecule has 1 fully saturated rings. The zero-order chi connectivity index (χ0) is 17.9. The maximum atomic E-state index is 12.8. The van der Waals surface area contributed by atoms with Gasteiger partial charge in [0.1, 0.15) is 6.04 Å². The van der Waals surface area contributed by atoms with Crippen LogP contribution in [0.2, 0.25) is 0 Å². The maximum Gasteiger partial charge on any atom is 0.245 e. The molecule has 0 spiro atoms. The van der Waals surface area contributed by atoms with Crippen LogP contribution >= 0.6 is 0 Å². The van der Waals surface area contributed by atoms with Gasteiger partial charge in [0, 0.05) is 26.1 Å². The van der Waals surface area contributed by atoms with Gasteiger partial charge in [-0.25, -0.2) is 0 Å². The van der Waals surface area contributed by atoms with Crippen LogP contribution in [0.1, 0.15) is 72.1 Å². The predicted octanol–water partition coefficient (Wildman–Crippen LogP) is 2.72. The number of carbonyl (C=O) groups excluding carboxylic acids is 2. The molecule has 0 aromatic heterocycles. The second-order valence-corrected chi connectivity index (χ2v) is 7.51. The quantitative estimate of drug-likeness (QED) is 0.601. The number of carbonyl (C=O) groups is 2. The summed E-state index contributed by atoms with van der Waals surface area (Å²) in [6.07, 6.45) is 7.16. The number of rotatable bonds is 10. The number of likely N-dealkylation sites (tertiary alicyclic amines) is 1. The molecule has 140 valence electrons. The normalized spacial score (nSPS) is 17.1. The van der Waals surface area contributed by atoms with Gasteiger partial charge in [-0.3, -0.25) is 9.59 Å². The van der Waals surface area contributed by atoms with E-state index in [0.717, 1.165) is 38.5 Å². The molecule has 0 bridgehead atoms. The van der Waals surface area contributed by atoms with Crippen LogP contribution in [-0.4, -0.2) is 47.6 Å². The summed E-state index contributed by atoms with van der Waals surface area (Å²) < 4.78 is 0. The van der Waals surface area contributed by atoms with Crippen LogP contribution < -0.4 is 5.32 Å². The highest BCUT2D eigenvalue weighted by Gasteiger charge is 2.29. The Morgan fingerprint density at radius 1 is 1.17 bits per heavy atom. The fourth-order valence-corrected chi connectivity index (χ4v) is 3.23. The maximum absolute atomic E-state index is 12.8. The van der Waals surface area contributed by atoms with E-state index in [4.69, 9.17) is 0 Å². The number of hydrogen-bond acceptors (Lipinski definition) is 3. The van der Waals surface area contributed by atoms with Gasteiger partial charge in [-0.05, 0) is 37.5 Å². The summed E-state index contributed by atoms with van der Waals surface area (Å²) in [4.78, 5) is 26.8. The van der Waals surface area contributed by atoms with Crippen LogP contribution in [-0.2, 0) is 9.59 Å². The Morgan fingerprint density at radius 3 is 2.38 bits per heavy atom. The summed E-state index contributed by atoms with van der Waals surface area (Å²) in [5.41, 5.74) is 0. The van der Waals surface area contributed by atoms with Gasteiger partial charge < -0.3 is 15.3 Å². The molecule has 1 heterocycles. The second-order valence-electron chi connectivity index (χ2n) is 7.51. The lowest BCUT2D eigenvalue weighted by Crippen LogP contribution is -2.51. The summed E-state index contributed by atoms with van der Waals surface area (Å²) in [5.74, 6) is 0.706. The topological polar surface area (TPSA) is 69.6 Å². The molecule has 5 nitrogen and oxygen atoms in total. The smallest absolute Gasteiger partial charge is 0.245 e. The van der Waals surface area contributed by atoms with Gasteiger partial charge in [0.05, 0.1) is 0 Å². The van der Waals surface area contributed by atoms with E-state index in [-0.39, 0.29) is 18.4 Å². The minimum atomic E-state index is -0.408. The summed E-state index contributed by atoms with van der Waals surface area (Å²) in [6, 6.07) is -0.408. The van der Waals surface area contributed by atoms with E-state index in [1.807, 2.05) is 4.90 Å². The van der Waals surface area contributed by atoms with Gasteiger partial charge in [0.15, 0.2) is 0 Å². The molecule has 1 rings (SSSR count). The second kappa shape index (κ2) is 11.5. The van der Waals surface area contributed by atoms with Crippen molar-refractivity contribution in [2.24, 2.45) is 11.8 Å². The number of piperidine rings is 1. The Labute approximate surface area is 147 Å². The van der Waals surface area contributed by atoms with Crippen LogP contribution in [0.5, 0.6) is 0 Å². The fourth-order valence-electron chi connectivity index (χ4n) is 3.23. The zero-order valence-corrected chi connectivity index (χ0v) is 15.7. The highest BCUT2D eigenvalue weighted by molar-refractivity contribution is 5.87. The molecule has 1 aliphatic rings. The van der Waals surface area contributed by atoms with Gasteiger partial charge in [0.2, 0.25) is 11.8 Å². The average Bonchev–Trinajstić information content (AvgIpc) is 2.57. The summed E-state index contributed by atoms with van der Waals surface area (Å²) >= 11 is 0. The molecule has 5 heteroatoms. The SMILES string of the molecule is CCCCCCC(=O)N[C@@H](CC(C)C)C(=O)N1CCC(CO)CC1. The number of hydrogen-bond donors (Lipinski definition) is 2. The Balaban J connectivity index is 2.51. The lowest BCUT2D eigenvalue weighted by atomic mass is 9.96. The van der Waals surface area contributed by atoms with E-state index >= 15 is 0 Å². The first-order valence-corrected chi connectivity index (χ1v) is 9.66. The van der Waals surface area contributed by atoms with Gasteiger partial charge in [0.25, 0.3) is 0 Å². The Bertz CT molecular complexity index is 377. The highest BCUT2D eigenvalue weighted by atomic mass is 16.3. The molecule has 0 radical (unpaired) electrons. The Morgan fingerprint density at radius 2 is 1.83 bits per heavy atom. The lowest BCUT2D eigenvalue weighted by molar-refractivity contribution is -0.138. The zero-order valence-electron chi connectivity index (χ0n) is 15.7. The number of nitrogens with zero attached hydrogens (tertiary/aromatic N) is 1. The van der Waals surface area contributed by atoms with Crippen molar-refractivity contribution < 1.29 is 14.7 Å². The summed E-state index contributed by atoms with van der Waals surface area (Å²) in [6.45, 7) is 7.87. The Kier molecular flexibility index (Phi) is 9.99.